The molecule has 29 heavy (non-hydrogen) atoms. The van der Waals surface area contributed by atoms with E-state index in [1.165, 1.54) is 0 Å². The maximum absolute atomic E-state index is 11.5. The minimum absolute atomic E-state index is 0.0139. The smallest absolute Gasteiger partial charge is 0.306 e. The van der Waals surface area contributed by atoms with Crippen LogP contribution in [0, 0.1) is 23.7 Å². The highest BCUT2D eigenvalue weighted by Gasteiger charge is 2.39. The summed E-state index contributed by atoms with van der Waals surface area (Å²) in [6, 6.07) is 7.21. The van der Waals surface area contributed by atoms with Crippen LogP contribution in [-0.4, -0.2) is 27.0 Å². The number of pyridine rings is 2. The Morgan fingerprint density at radius 3 is 1.90 bits per heavy atom. The van der Waals surface area contributed by atoms with Crippen molar-refractivity contribution in [1.29, 1.82) is 0 Å². The number of halogens is 2. The third-order valence-corrected chi connectivity index (χ3v) is 5.58. The lowest BCUT2D eigenvalue weighted by atomic mass is 10.3. The molecule has 0 unspecified atom stereocenters. The second-order valence-electron chi connectivity index (χ2n) is 7.22. The van der Waals surface area contributed by atoms with Gasteiger partial charge in [-0.25, -0.2) is 9.97 Å². The summed E-state index contributed by atoms with van der Waals surface area (Å²) in [5.74, 6) is 1.76. The van der Waals surface area contributed by atoms with Gasteiger partial charge in [0.05, 0.1) is 5.92 Å². The van der Waals surface area contributed by atoms with Crippen molar-refractivity contribution in [3.8, 4) is 0 Å². The molecule has 4 rings (SSSR count). The SMILES string of the molecule is C[C@@H]1C[C@H]1C(=O)Nc1cc(Br)ccn1.C[C@@H]1C[C@H]1C(=O)O.Nc1cc(Br)ccn1. The summed E-state index contributed by atoms with van der Waals surface area (Å²) in [4.78, 5) is 29.3. The van der Waals surface area contributed by atoms with Gasteiger partial charge in [-0.05, 0) is 48.9 Å². The molecule has 2 aliphatic carbocycles. The standard InChI is InChI=1S/C10H11BrN2O.C5H5BrN2.C5H8O2/c1-6-4-8(6)10(14)13-9-5-7(11)2-3-12-9;6-4-1-2-8-5(7)3-4;1-3-2-4(3)5(6)7/h2-3,5-6,8H,4H2,1H3,(H,12,13,14);1-3H,(H2,7,8);3-4H,2H2,1H3,(H,6,7)/t6-,8-;;3-,4-/m1.1/s1. The van der Waals surface area contributed by atoms with E-state index < -0.39 is 5.97 Å². The first-order valence-corrected chi connectivity index (χ1v) is 10.8. The summed E-state index contributed by atoms with van der Waals surface area (Å²) in [6.45, 7) is 4.04. The van der Waals surface area contributed by atoms with Gasteiger partial charge in [0.2, 0.25) is 5.91 Å². The molecular weight excluding hydrogens is 504 g/mol. The van der Waals surface area contributed by atoms with E-state index in [4.69, 9.17) is 10.8 Å². The van der Waals surface area contributed by atoms with E-state index in [9.17, 15) is 9.59 Å². The van der Waals surface area contributed by atoms with Gasteiger partial charge in [-0.15, -0.1) is 0 Å². The molecule has 0 spiro atoms. The van der Waals surface area contributed by atoms with Crippen LogP contribution in [0.25, 0.3) is 0 Å². The number of carboxylic acid groups (broad SMARTS) is 1. The van der Waals surface area contributed by atoms with Crippen LogP contribution in [0.15, 0.2) is 45.6 Å². The number of nitrogens with one attached hydrogen (secondary N) is 1. The Hall–Kier alpha value is -2.00. The molecule has 0 aliphatic heterocycles. The van der Waals surface area contributed by atoms with Crippen molar-refractivity contribution in [2.24, 2.45) is 23.7 Å². The van der Waals surface area contributed by atoms with Crippen LogP contribution in [0.4, 0.5) is 11.6 Å². The maximum Gasteiger partial charge on any atom is 0.306 e. The van der Waals surface area contributed by atoms with Gasteiger partial charge < -0.3 is 16.2 Å². The van der Waals surface area contributed by atoms with E-state index in [2.05, 4.69) is 54.1 Å². The predicted molar refractivity (Wildman–Crippen MR) is 119 cm³/mol. The molecule has 4 atom stereocenters. The molecule has 0 aromatic carbocycles. The van der Waals surface area contributed by atoms with Crippen LogP contribution in [0.3, 0.4) is 0 Å². The average Bonchev–Trinajstić information content (AvgIpc) is 3.54. The number of carbonyl (C=O) groups excluding carboxylic acids is 1. The Balaban J connectivity index is 0.000000170. The fourth-order valence-corrected chi connectivity index (χ4v) is 3.15. The molecule has 156 valence electrons. The fourth-order valence-electron chi connectivity index (χ4n) is 2.47. The Kier molecular flexibility index (Phi) is 8.58. The summed E-state index contributed by atoms with van der Waals surface area (Å²) < 4.78 is 1.89. The number of rotatable bonds is 3. The molecule has 2 aromatic heterocycles. The van der Waals surface area contributed by atoms with E-state index in [1.807, 2.05) is 19.1 Å². The number of nitrogen functional groups attached to an aromatic ring is 1. The monoisotopic (exact) mass is 526 g/mol. The number of aromatic nitrogens is 2. The zero-order valence-corrected chi connectivity index (χ0v) is 19.4. The number of carbonyl (C=O) groups is 2. The summed E-state index contributed by atoms with van der Waals surface area (Å²) in [6.07, 6.45) is 5.20. The largest absolute Gasteiger partial charge is 0.481 e. The summed E-state index contributed by atoms with van der Waals surface area (Å²) in [7, 11) is 0. The molecule has 0 saturated heterocycles. The fraction of sp³-hybridized carbons (Fsp3) is 0.400. The van der Waals surface area contributed by atoms with Gasteiger partial charge in [0, 0.05) is 27.3 Å². The second kappa shape index (κ2) is 10.7. The van der Waals surface area contributed by atoms with Crippen molar-refractivity contribution >= 4 is 55.4 Å². The van der Waals surface area contributed by atoms with E-state index in [-0.39, 0.29) is 17.7 Å². The Morgan fingerprint density at radius 1 is 1.03 bits per heavy atom. The van der Waals surface area contributed by atoms with Gasteiger partial charge in [0.15, 0.2) is 0 Å². The van der Waals surface area contributed by atoms with E-state index >= 15 is 0 Å². The number of nitrogens with two attached hydrogens (primary N) is 1. The van der Waals surface area contributed by atoms with Crippen LogP contribution >= 0.6 is 31.9 Å². The highest BCUT2D eigenvalue weighted by molar-refractivity contribution is 9.10. The number of hydrogen-bond donors (Lipinski definition) is 3. The first kappa shape index (κ1) is 23.3. The molecule has 0 bridgehead atoms. The van der Waals surface area contributed by atoms with Crippen molar-refractivity contribution in [2.75, 3.05) is 11.1 Å². The summed E-state index contributed by atoms with van der Waals surface area (Å²) in [5, 5.41) is 11.0. The lowest BCUT2D eigenvalue weighted by Crippen LogP contribution is -2.15. The maximum atomic E-state index is 11.5. The van der Waals surface area contributed by atoms with Gasteiger partial charge >= 0.3 is 5.97 Å². The quantitative estimate of drug-likeness (QED) is 0.537. The molecular formula is C20H24Br2N4O3. The van der Waals surface area contributed by atoms with Gasteiger partial charge in [-0.1, -0.05) is 45.7 Å². The summed E-state index contributed by atoms with van der Waals surface area (Å²) >= 11 is 6.57. The lowest BCUT2D eigenvalue weighted by molar-refractivity contribution is -0.138. The van der Waals surface area contributed by atoms with E-state index in [1.54, 1.807) is 24.5 Å². The Labute approximate surface area is 186 Å². The first-order valence-electron chi connectivity index (χ1n) is 9.19. The van der Waals surface area contributed by atoms with Crippen molar-refractivity contribution in [3.63, 3.8) is 0 Å². The third-order valence-electron chi connectivity index (χ3n) is 4.59. The molecule has 2 fully saturated rings. The van der Waals surface area contributed by atoms with Gasteiger partial charge in [0.25, 0.3) is 0 Å². The van der Waals surface area contributed by atoms with E-state index in [0.717, 1.165) is 21.8 Å². The predicted octanol–water partition coefficient (Wildman–Crippen LogP) is 4.59. The van der Waals surface area contributed by atoms with Crippen LogP contribution < -0.4 is 11.1 Å². The Bertz CT molecular complexity index is 848. The molecule has 9 heteroatoms. The topological polar surface area (TPSA) is 118 Å². The molecule has 2 heterocycles. The number of carboxylic acids is 1. The minimum Gasteiger partial charge on any atom is -0.481 e. The summed E-state index contributed by atoms with van der Waals surface area (Å²) in [5.41, 5.74) is 5.32. The third kappa shape index (κ3) is 8.49. The molecule has 2 aromatic rings. The van der Waals surface area contributed by atoms with Crippen LogP contribution in [0.1, 0.15) is 26.7 Å². The number of hydrogen-bond acceptors (Lipinski definition) is 5. The van der Waals surface area contributed by atoms with Crippen molar-refractivity contribution in [1.82, 2.24) is 9.97 Å². The molecule has 7 nitrogen and oxygen atoms in total. The van der Waals surface area contributed by atoms with Crippen molar-refractivity contribution in [3.05, 3.63) is 45.6 Å². The molecule has 2 saturated carbocycles. The van der Waals surface area contributed by atoms with E-state index in [0.29, 0.717) is 23.5 Å². The lowest BCUT2D eigenvalue weighted by Gasteiger charge is -2.02. The highest BCUT2D eigenvalue weighted by atomic mass is 79.9. The molecule has 4 N–H and O–H groups in total. The first-order chi connectivity index (χ1) is 13.7. The Morgan fingerprint density at radius 2 is 1.55 bits per heavy atom. The second-order valence-corrected chi connectivity index (χ2v) is 9.06. The molecule has 2 aliphatic rings. The van der Waals surface area contributed by atoms with Crippen LogP contribution in [0.5, 0.6) is 0 Å². The van der Waals surface area contributed by atoms with Gasteiger partial charge in [0.1, 0.15) is 11.6 Å². The van der Waals surface area contributed by atoms with Gasteiger partial charge in [-0.2, -0.15) is 0 Å². The van der Waals surface area contributed by atoms with Crippen LogP contribution in [0.2, 0.25) is 0 Å². The number of aliphatic carboxylic acids is 1. The average molecular weight is 528 g/mol. The minimum atomic E-state index is -0.632. The van der Waals surface area contributed by atoms with Crippen molar-refractivity contribution < 1.29 is 14.7 Å². The zero-order chi connectivity index (χ0) is 21.6. The molecule has 0 radical (unpaired) electrons. The normalized spacial score (nSPS) is 23.4. The van der Waals surface area contributed by atoms with Crippen molar-refractivity contribution in [2.45, 2.75) is 26.7 Å². The number of amides is 1. The molecule has 1 amide bonds. The zero-order valence-electron chi connectivity index (χ0n) is 16.2. The van der Waals surface area contributed by atoms with Gasteiger partial charge in [-0.3, -0.25) is 9.59 Å². The highest BCUT2D eigenvalue weighted by Crippen LogP contribution is 2.38. The number of nitrogens with zero attached hydrogens (tertiary/aromatic N) is 2. The van der Waals surface area contributed by atoms with Crippen LogP contribution in [-0.2, 0) is 9.59 Å². The number of anilines is 2.